The fraction of sp³-hybridized carbons (Fsp3) is 0.167. The van der Waals surface area contributed by atoms with Gasteiger partial charge in [0.05, 0.1) is 16.7 Å². The lowest BCUT2D eigenvalue weighted by Crippen LogP contribution is -2.49. The molecule has 1 amide bonds. The van der Waals surface area contributed by atoms with Crippen molar-refractivity contribution in [2.75, 3.05) is 10.0 Å². The third-order valence-electron chi connectivity index (χ3n) is 6.05. The van der Waals surface area contributed by atoms with Crippen molar-refractivity contribution in [1.82, 2.24) is 5.28 Å². The first-order valence-electron chi connectivity index (χ1n) is 10.0. The van der Waals surface area contributed by atoms with Crippen LogP contribution < -0.4 is 10.0 Å². The number of amides is 1. The van der Waals surface area contributed by atoms with E-state index in [0.29, 0.717) is 11.4 Å². The van der Waals surface area contributed by atoms with Gasteiger partial charge in [0, 0.05) is 16.1 Å². The minimum Gasteiger partial charge on any atom is -0.267 e. The molecule has 156 valence electrons. The van der Waals surface area contributed by atoms with E-state index in [1.54, 1.807) is 12.1 Å². The van der Waals surface area contributed by atoms with Crippen molar-refractivity contribution in [3.63, 3.8) is 0 Å². The third-order valence-corrected chi connectivity index (χ3v) is 6.62. The van der Waals surface area contributed by atoms with E-state index in [2.05, 4.69) is 5.16 Å². The van der Waals surface area contributed by atoms with E-state index in [-0.39, 0.29) is 5.91 Å². The number of oxime groups is 1. The van der Waals surface area contributed by atoms with Crippen molar-refractivity contribution in [2.45, 2.75) is 27.7 Å². The zero-order chi connectivity index (χ0) is 21.9. The lowest BCUT2D eigenvalue weighted by atomic mass is 9.93. The fourth-order valence-corrected chi connectivity index (χ4v) is 4.41. The molecular formula is C24H21ClN4O2. The zero-order valence-electron chi connectivity index (χ0n) is 17.7. The molecule has 0 aliphatic carbocycles. The van der Waals surface area contributed by atoms with Gasteiger partial charge in [-0.1, -0.05) is 41.9 Å². The Hall–Kier alpha value is -3.35. The molecule has 5 rings (SSSR count). The molecule has 31 heavy (non-hydrogen) atoms. The van der Waals surface area contributed by atoms with Gasteiger partial charge in [-0.3, -0.25) is 9.73 Å². The maximum Gasteiger partial charge on any atom is 0.277 e. The second-order valence-electron chi connectivity index (χ2n) is 7.72. The number of fused-ring (bicyclic) bond motifs is 3. The number of nitrogens with zero attached hydrogens (tertiary/aromatic N) is 4. The largest absolute Gasteiger partial charge is 0.277 e. The van der Waals surface area contributed by atoms with Gasteiger partial charge >= 0.3 is 0 Å². The first-order chi connectivity index (χ1) is 14.9. The summed E-state index contributed by atoms with van der Waals surface area (Å²) in [5.41, 5.74) is 7.11. The molecule has 3 aromatic carbocycles. The Morgan fingerprint density at radius 3 is 2.06 bits per heavy atom. The normalized spacial score (nSPS) is 14.9. The Morgan fingerprint density at radius 1 is 0.839 bits per heavy atom. The van der Waals surface area contributed by atoms with E-state index in [1.165, 1.54) is 10.3 Å². The van der Waals surface area contributed by atoms with E-state index in [4.69, 9.17) is 16.5 Å². The average Bonchev–Trinajstić information content (AvgIpc) is 3.35. The lowest BCUT2D eigenvalue weighted by Gasteiger charge is -2.25. The highest BCUT2D eigenvalue weighted by Gasteiger charge is 2.47. The van der Waals surface area contributed by atoms with Gasteiger partial charge in [0.1, 0.15) is 0 Å². The summed E-state index contributed by atoms with van der Waals surface area (Å²) in [7, 11) is 0. The van der Waals surface area contributed by atoms with Gasteiger partial charge in [-0.25, -0.2) is 0 Å². The smallest absolute Gasteiger partial charge is 0.267 e. The number of halogens is 1. The van der Waals surface area contributed by atoms with E-state index in [0.717, 1.165) is 44.2 Å². The molecule has 7 heteroatoms. The SMILES string of the molecule is Cc1c(C)c(C2=NON3N(C(=O)c4ccccc4)c4ccccc4N23)c(C)c(C)c1Cl. The van der Waals surface area contributed by atoms with Crippen LogP contribution in [0.2, 0.25) is 5.02 Å². The molecule has 0 spiro atoms. The van der Waals surface area contributed by atoms with Gasteiger partial charge in [-0.15, -0.1) is 0 Å². The molecule has 2 aliphatic heterocycles. The van der Waals surface area contributed by atoms with Crippen LogP contribution in [0.15, 0.2) is 59.8 Å². The van der Waals surface area contributed by atoms with Crippen molar-refractivity contribution >= 4 is 34.7 Å². The van der Waals surface area contributed by atoms with Crippen LogP contribution in [0.25, 0.3) is 0 Å². The van der Waals surface area contributed by atoms with Gasteiger partial charge < -0.3 is 0 Å². The monoisotopic (exact) mass is 432 g/mol. The first-order valence-corrected chi connectivity index (χ1v) is 10.4. The second kappa shape index (κ2) is 7.11. The van der Waals surface area contributed by atoms with E-state index in [1.807, 2.05) is 75.2 Å². The number of rotatable bonds is 2. The molecule has 0 saturated carbocycles. The molecule has 0 aromatic heterocycles. The Morgan fingerprint density at radius 2 is 1.42 bits per heavy atom. The predicted molar refractivity (Wildman–Crippen MR) is 122 cm³/mol. The second-order valence-corrected chi connectivity index (χ2v) is 8.10. The maximum atomic E-state index is 13.4. The number of hydrogen-bond donors (Lipinski definition) is 0. The zero-order valence-corrected chi connectivity index (χ0v) is 18.4. The molecule has 0 unspecified atom stereocenters. The Bertz CT molecular complexity index is 1230. The van der Waals surface area contributed by atoms with Crippen molar-refractivity contribution in [2.24, 2.45) is 5.16 Å². The molecule has 0 N–H and O–H groups in total. The average molecular weight is 433 g/mol. The van der Waals surface area contributed by atoms with Gasteiger partial charge in [0.25, 0.3) is 5.91 Å². The lowest BCUT2D eigenvalue weighted by molar-refractivity contribution is -0.135. The Labute approximate surface area is 185 Å². The summed E-state index contributed by atoms with van der Waals surface area (Å²) in [5.74, 6) is 0.414. The van der Waals surface area contributed by atoms with Crippen molar-refractivity contribution < 1.29 is 9.73 Å². The number of benzene rings is 3. The minimum absolute atomic E-state index is 0.205. The molecule has 0 fully saturated rings. The standard InChI is InChI=1S/C24H21ClN4O2/c1-14-16(3)22(25)17(4)15(2)21(14)23-26-31-29-27(23)19-12-8-9-13-20(19)28(29)24(30)18-10-6-5-7-11-18/h5-13H,1-4H3. The van der Waals surface area contributed by atoms with Crippen molar-refractivity contribution in [1.29, 1.82) is 0 Å². The predicted octanol–water partition coefficient (Wildman–Crippen LogP) is 5.48. The Kier molecular flexibility index (Phi) is 4.50. The number of anilines is 2. The van der Waals surface area contributed by atoms with Crippen LogP contribution in [0.4, 0.5) is 11.4 Å². The molecular weight excluding hydrogens is 412 g/mol. The summed E-state index contributed by atoms with van der Waals surface area (Å²) in [5, 5.41) is 9.89. The maximum absolute atomic E-state index is 13.4. The number of carbonyl (C=O) groups is 1. The number of amidine groups is 1. The molecule has 0 bridgehead atoms. The molecule has 6 nitrogen and oxygen atoms in total. The molecule has 0 saturated heterocycles. The fourth-order valence-electron chi connectivity index (χ4n) is 4.12. The topological polar surface area (TPSA) is 48.4 Å². The van der Waals surface area contributed by atoms with Gasteiger partial charge in [0.2, 0.25) is 5.84 Å². The van der Waals surface area contributed by atoms with E-state index < -0.39 is 0 Å². The summed E-state index contributed by atoms with van der Waals surface area (Å²) < 4.78 is 0. The molecule has 3 aromatic rings. The van der Waals surface area contributed by atoms with E-state index in [9.17, 15) is 4.79 Å². The van der Waals surface area contributed by atoms with Gasteiger partial charge in [-0.2, -0.15) is 10.0 Å². The highest BCUT2D eigenvalue weighted by molar-refractivity contribution is 6.32. The first kappa shape index (κ1) is 19.6. The van der Waals surface area contributed by atoms with Crippen LogP contribution in [0, 0.1) is 27.7 Å². The van der Waals surface area contributed by atoms with Crippen LogP contribution >= 0.6 is 11.6 Å². The summed E-state index contributed by atoms with van der Waals surface area (Å²) in [6.45, 7) is 8.07. The summed E-state index contributed by atoms with van der Waals surface area (Å²) in [6.07, 6.45) is 0. The number of hydrazine groups is 2. The molecule has 0 radical (unpaired) electrons. The third kappa shape index (κ3) is 2.76. The summed E-state index contributed by atoms with van der Waals surface area (Å²) >= 11 is 6.54. The Balaban J connectivity index is 1.65. The van der Waals surface area contributed by atoms with Crippen LogP contribution in [0.3, 0.4) is 0 Å². The highest BCUT2D eigenvalue weighted by atomic mass is 35.5. The van der Waals surface area contributed by atoms with Gasteiger partial charge in [-0.05, 0) is 79.4 Å². The number of hydrogen-bond acceptors (Lipinski definition) is 5. The molecule has 0 atom stereocenters. The van der Waals surface area contributed by atoms with Crippen LogP contribution in [0.1, 0.15) is 38.2 Å². The van der Waals surface area contributed by atoms with Crippen molar-refractivity contribution in [3.8, 4) is 0 Å². The van der Waals surface area contributed by atoms with Crippen LogP contribution in [0.5, 0.6) is 0 Å². The molecule has 2 heterocycles. The van der Waals surface area contributed by atoms with Gasteiger partial charge in [0.15, 0.2) is 0 Å². The quantitative estimate of drug-likeness (QED) is 0.538. The number of carbonyl (C=O) groups excluding carboxylic acids is 1. The van der Waals surface area contributed by atoms with Crippen LogP contribution in [-0.2, 0) is 4.94 Å². The van der Waals surface area contributed by atoms with Crippen LogP contribution in [-0.4, -0.2) is 17.0 Å². The minimum atomic E-state index is -0.205. The summed E-state index contributed by atoms with van der Waals surface area (Å²) in [6, 6.07) is 16.8. The number of para-hydroxylation sites is 2. The van der Waals surface area contributed by atoms with E-state index >= 15 is 0 Å². The van der Waals surface area contributed by atoms with Crippen molar-refractivity contribution in [3.05, 3.63) is 93.0 Å². The molecule has 2 aliphatic rings. The summed E-state index contributed by atoms with van der Waals surface area (Å²) in [4.78, 5) is 19.1. The highest BCUT2D eigenvalue weighted by Crippen LogP contribution is 2.44.